The molecular formula is C54H72N8O9. The minimum Gasteiger partial charge on any atom is -0.508 e. The largest absolute Gasteiger partial charge is 0.508 e. The molecule has 0 spiro atoms. The van der Waals surface area contributed by atoms with E-state index in [9.17, 15) is 34.2 Å². The molecule has 0 saturated carbocycles. The zero-order valence-corrected chi connectivity index (χ0v) is 42.8. The number of benzene rings is 2. The first-order valence-corrected chi connectivity index (χ1v) is 25.3. The van der Waals surface area contributed by atoms with E-state index in [1.165, 1.54) is 4.90 Å². The number of carbonyl (C=O) groups excluding carboxylic acids is 5. The number of aromatic hydroxyl groups is 1. The molecule has 6 atom stereocenters. The number of amides is 4. The van der Waals surface area contributed by atoms with Crippen LogP contribution in [0.5, 0.6) is 5.75 Å². The maximum atomic E-state index is 14.8. The van der Waals surface area contributed by atoms with Crippen molar-refractivity contribution in [3.63, 3.8) is 0 Å². The van der Waals surface area contributed by atoms with Crippen LogP contribution in [0.4, 0.5) is 0 Å². The van der Waals surface area contributed by atoms with E-state index in [4.69, 9.17) is 14.5 Å². The topological polar surface area (TPSA) is 199 Å². The Bertz CT molecular complexity index is 2680. The second-order valence-electron chi connectivity index (χ2n) is 21.3. The van der Waals surface area contributed by atoms with Crippen LogP contribution in [-0.4, -0.2) is 147 Å². The number of cyclic esters (lactones) is 1. The number of phenolic OH excluding ortho intramolecular Hbond substituents is 1. The van der Waals surface area contributed by atoms with E-state index in [0.717, 1.165) is 63.4 Å². The first-order chi connectivity index (χ1) is 33.7. The lowest BCUT2D eigenvalue weighted by molar-refractivity contribution is -0.189. The lowest BCUT2D eigenvalue weighted by Crippen LogP contribution is -2.67. The molecule has 382 valence electrons. The standard InChI is InChI=1S/C54H72N8O9/c1-10-61-43-17-16-35-28-40(43)41(47(61)39-14-11-20-55-45(39)33(4)70-9)29-53(5,6)31-71-52(68)54(69)19-13-22-62(57-54)50(66)42(26-34-24-37(35)27-38(63)25-34)56-48(64)46(32(2)3)59(8)49(65)36-18-23-60(30-36)51(67)44-15-12-21-58(44)7/h11,14,16-17,20,24-25,27-28,32-33,36,42,44,46,57,63,69H,10,12-13,15,18-19,21-23,26,29-31H2,1-9H3,(H,56,64)/t33-,36-,42-,44+,46-,54-/m0/s1. The van der Waals surface area contributed by atoms with Crippen molar-refractivity contribution in [3.05, 3.63) is 71.5 Å². The molecule has 4 aromatic rings. The zero-order chi connectivity index (χ0) is 51.1. The van der Waals surface area contributed by atoms with Gasteiger partial charge in [0.1, 0.15) is 17.8 Å². The molecule has 3 saturated heterocycles. The predicted molar refractivity (Wildman–Crippen MR) is 268 cm³/mol. The highest BCUT2D eigenvalue weighted by Crippen LogP contribution is 2.42. The van der Waals surface area contributed by atoms with Gasteiger partial charge in [-0.05, 0) is 124 Å². The minimum atomic E-state index is -2.27. The highest BCUT2D eigenvalue weighted by Gasteiger charge is 2.46. The Morgan fingerprint density at radius 2 is 1.80 bits per heavy atom. The number of hydrogen-bond acceptors (Lipinski definition) is 12. The summed E-state index contributed by atoms with van der Waals surface area (Å²) in [5, 5.41) is 28.4. The lowest BCUT2D eigenvalue weighted by atomic mass is 9.84. The number of hydrogen-bond donors (Lipinski definition) is 4. The van der Waals surface area contributed by atoms with Crippen LogP contribution < -0.4 is 10.7 Å². The molecule has 0 radical (unpaired) electrons. The molecule has 2 aromatic carbocycles. The van der Waals surface area contributed by atoms with Crippen LogP contribution in [0, 0.1) is 17.3 Å². The van der Waals surface area contributed by atoms with Gasteiger partial charge in [-0.1, -0.05) is 39.8 Å². The summed E-state index contributed by atoms with van der Waals surface area (Å²) in [4.78, 5) is 81.3. The van der Waals surface area contributed by atoms with E-state index in [1.54, 1.807) is 37.4 Å². The highest BCUT2D eigenvalue weighted by molar-refractivity contribution is 5.96. The number of rotatable bonds is 10. The molecule has 4 N–H and O–H groups in total. The molecule has 0 aliphatic carbocycles. The number of carbonyl (C=O) groups is 5. The third-order valence-electron chi connectivity index (χ3n) is 15.1. The molecule has 71 heavy (non-hydrogen) atoms. The average Bonchev–Trinajstić information content (AvgIpc) is 4.09. The molecule has 6 bridgehead atoms. The van der Waals surface area contributed by atoms with Gasteiger partial charge in [-0.2, -0.15) is 5.43 Å². The van der Waals surface area contributed by atoms with Crippen molar-refractivity contribution in [1.82, 2.24) is 40.0 Å². The van der Waals surface area contributed by atoms with Gasteiger partial charge in [-0.15, -0.1) is 0 Å². The number of hydrazine groups is 1. The van der Waals surface area contributed by atoms with Crippen LogP contribution in [0.25, 0.3) is 33.3 Å². The van der Waals surface area contributed by atoms with Gasteiger partial charge in [0, 0.05) is 81.3 Å². The molecule has 17 nitrogen and oxygen atoms in total. The molecule has 0 unspecified atom stereocenters. The molecule has 6 heterocycles. The summed E-state index contributed by atoms with van der Waals surface area (Å²) in [5.41, 5.74) is 6.45. The number of pyridine rings is 1. The summed E-state index contributed by atoms with van der Waals surface area (Å²) in [6.45, 7) is 14.0. The van der Waals surface area contributed by atoms with Crippen molar-refractivity contribution in [2.45, 2.75) is 123 Å². The number of nitrogens with zero attached hydrogens (tertiary/aromatic N) is 6. The molecular weight excluding hydrogens is 905 g/mol. The van der Waals surface area contributed by atoms with Gasteiger partial charge in [0.15, 0.2) is 0 Å². The maximum Gasteiger partial charge on any atom is 0.355 e. The van der Waals surface area contributed by atoms with E-state index in [1.807, 2.05) is 65.9 Å². The monoisotopic (exact) mass is 977 g/mol. The van der Waals surface area contributed by atoms with Crippen LogP contribution in [0.2, 0.25) is 0 Å². The second kappa shape index (κ2) is 20.7. The Balaban J connectivity index is 1.17. The number of likely N-dealkylation sites (N-methyl/N-ethyl adjacent to an activating group) is 2. The molecule has 8 rings (SSSR count). The Kier molecular flexibility index (Phi) is 15.0. The summed E-state index contributed by atoms with van der Waals surface area (Å²) in [7, 11) is 5.19. The summed E-state index contributed by atoms with van der Waals surface area (Å²) >= 11 is 0. The fraction of sp³-hybridized carbons (Fsp3) is 0.556. The smallest absolute Gasteiger partial charge is 0.355 e. The van der Waals surface area contributed by atoms with Crippen LogP contribution in [0.15, 0.2) is 54.7 Å². The first kappa shape index (κ1) is 51.5. The van der Waals surface area contributed by atoms with Gasteiger partial charge in [-0.25, -0.2) is 4.79 Å². The number of aryl methyl sites for hydroxylation is 1. The number of ether oxygens (including phenoxy) is 2. The number of nitrogens with one attached hydrogen (secondary N) is 2. The van der Waals surface area contributed by atoms with Crippen molar-refractivity contribution < 1.29 is 43.7 Å². The number of aliphatic hydroxyl groups is 1. The number of likely N-dealkylation sites (tertiary alicyclic amines) is 2. The van der Waals surface area contributed by atoms with E-state index >= 15 is 0 Å². The number of esters is 1. The Morgan fingerprint density at radius 3 is 2.51 bits per heavy atom. The molecule has 3 fully saturated rings. The van der Waals surface area contributed by atoms with Gasteiger partial charge >= 0.3 is 5.97 Å². The third kappa shape index (κ3) is 10.4. The molecule has 17 heteroatoms. The Hall–Kier alpha value is -5.88. The van der Waals surface area contributed by atoms with Crippen molar-refractivity contribution >= 4 is 40.5 Å². The fourth-order valence-corrected chi connectivity index (χ4v) is 11.3. The average molecular weight is 977 g/mol. The van der Waals surface area contributed by atoms with Crippen LogP contribution >= 0.6 is 0 Å². The third-order valence-corrected chi connectivity index (χ3v) is 15.1. The van der Waals surface area contributed by atoms with E-state index in [0.29, 0.717) is 37.1 Å². The summed E-state index contributed by atoms with van der Waals surface area (Å²) in [6, 6.07) is 12.7. The van der Waals surface area contributed by atoms with E-state index < -0.39 is 46.9 Å². The first-order valence-electron chi connectivity index (χ1n) is 25.3. The van der Waals surface area contributed by atoms with Crippen LogP contribution in [-0.2, 0) is 52.8 Å². The molecule has 4 aliphatic rings. The van der Waals surface area contributed by atoms with Crippen molar-refractivity contribution in [2.75, 3.05) is 54.0 Å². The maximum absolute atomic E-state index is 14.8. The highest BCUT2D eigenvalue weighted by atomic mass is 16.6. The second-order valence-corrected chi connectivity index (χ2v) is 21.3. The van der Waals surface area contributed by atoms with Crippen LogP contribution in [0.1, 0.15) is 96.6 Å². The summed E-state index contributed by atoms with van der Waals surface area (Å²) < 4.78 is 14.0. The van der Waals surface area contributed by atoms with Crippen molar-refractivity contribution in [1.29, 1.82) is 0 Å². The van der Waals surface area contributed by atoms with Gasteiger partial charge in [-0.3, -0.25) is 34.1 Å². The lowest BCUT2D eigenvalue weighted by Gasteiger charge is -2.40. The van der Waals surface area contributed by atoms with Gasteiger partial charge in [0.2, 0.25) is 23.4 Å². The number of fused-ring (bicyclic) bond motifs is 6. The van der Waals surface area contributed by atoms with Gasteiger partial charge in [0.05, 0.1) is 36.1 Å². The van der Waals surface area contributed by atoms with Crippen molar-refractivity contribution in [3.8, 4) is 28.1 Å². The number of phenols is 1. The Morgan fingerprint density at radius 1 is 1.03 bits per heavy atom. The molecule has 4 aliphatic heterocycles. The molecule has 2 aromatic heterocycles. The minimum absolute atomic E-state index is 0.0264. The summed E-state index contributed by atoms with van der Waals surface area (Å²) in [6.07, 6.45) is 4.21. The van der Waals surface area contributed by atoms with Crippen molar-refractivity contribution in [2.24, 2.45) is 17.3 Å². The normalized spacial score (nSPS) is 23.9. The predicted octanol–water partition coefficient (Wildman–Crippen LogP) is 5.20. The number of methoxy groups -OCH3 is 1. The van der Waals surface area contributed by atoms with E-state index in [-0.39, 0.29) is 74.6 Å². The van der Waals surface area contributed by atoms with Gasteiger partial charge in [0.25, 0.3) is 5.91 Å². The fourth-order valence-electron chi connectivity index (χ4n) is 11.3. The van der Waals surface area contributed by atoms with E-state index in [2.05, 4.69) is 39.3 Å². The quantitative estimate of drug-likeness (QED) is 0.152. The Labute approximate surface area is 416 Å². The summed E-state index contributed by atoms with van der Waals surface area (Å²) in [5.74, 6) is -3.31. The number of aromatic nitrogens is 2. The molecule has 4 amide bonds. The SMILES string of the molecule is CCn1c(-c2cccnc2[C@H](C)OC)c2c3cc(ccc31)-c1cc(O)cc(c1)C[C@H](NC(=O)[C@H](C(C)C)N(C)C(=O)[C@H]1CCN(C(=O)[C@H]3CCCN3C)C1)C(=O)N1CCC[C@@](O)(N1)C(=O)OCC(C)(C)C2. The zero-order valence-electron chi connectivity index (χ0n) is 42.8. The van der Waals surface area contributed by atoms with Crippen LogP contribution in [0.3, 0.4) is 0 Å². The van der Waals surface area contributed by atoms with Gasteiger partial charge < -0.3 is 39.4 Å².